The predicted molar refractivity (Wildman–Crippen MR) is 77.5 cm³/mol. The minimum atomic E-state index is -3.40. The number of amides is 2. The summed E-state index contributed by atoms with van der Waals surface area (Å²) >= 11 is 0. The van der Waals surface area contributed by atoms with E-state index < -0.39 is 27.6 Å². The second kappa shape index (κ2) is 7.08. The van der Waals surface area contributed by atoms with Crippen LogP contribution >= 0.6 is 0 Å². The minimum absolute atomic E-state index is 0.0552. The normalized spacial score (nSPS) is 22.9. The Kier molecular flexibility index (Phi) is 5.97. The minimum Gasteiger partial charge on any atom is -0.480 e. The van der Waals surface area contributed by atoms with Crippen LogP contribution in [-0.2, 0) is 14.8 Å². The highest BCUT2D eigenvalue weighted by Crippen LogP contribution is 2.28. The van der Waals surface area contributed by atoms with Gasteiger partial charge in [0.15, 0.2) is 0 Å². The summed E-state index contributed by atoms with van der Waals surface area (Å²) in [6.07, 6.45) is 1.89. The lowest BCUT2D eigenvalue weighted by Gasteiger charge is -2.41. The van der Waals surface area contributed by atoms with Crippen molar-refractivity contribution in [3.05, 3.63) is 0 Å². The molecule has 0 radical (unpaired) electrons. The van der Waals surface area contributed by atoms with Crippen molar-refractivity contribution in [2.24, 2.45) is 0 Å². The van der Waals surface area contributed by atoms with E-state index in [-0.39, 0.29) is 12.3 Å². The molecular weight excluding hydrogens is 298 g/mol. The lowest BCUT2D eigenvalue weighted by molar-refractivity contribution is -0.150. The number of urea groups is 1. The van der Waals surface area contributed by atoms with Crippen molar-refractivity contribution in [3.8, 4) is 0 Å². The number of carbonyl (C=O) groups excluding carboxylic acids is 1. The summed E-state index contributed by atoms with van der Waals surface area (Å²) in [5.74, 6) is -1.28. The maximum atomic E-state index is 12.1. The zero-order chi connectivity index (χ0) is 16.1. The van der Waals surface area contributed by atoms with Crippen molar-refractivity contribution < 1.29 is 23.1 Å². The van der Waals surface area contributed by atoms with Crippen molar-refractivity contribution in [2.75, 3.05) is 25.4 Å². The highest BCUT2D eigenvalue weighted by molar-refractivity contribution is 7.89. The van der Waals surface area contributed by atoms with Gasteiger partial charge in [-0.1, -0.05) is 6.92 Å². The first-order chi connectivity index (χ1) is 9.73. The Morgan fingerprint density at radius 1 is 1.33 bits per heavy atom. The number of sulfonamides is 1. The van der Waals surface area contributed by atoms with Gasteiger partial charge in [-0.2, -0.15) is 0 Å². The summed E-state index contributed by atoms with van der Waals surface area (Å²) in [5.41, 5.74) is -1.23. The van der Waals surface area contributed by atoms with Gasteiger partial charge in [0.25, 0.3) is 0 Å². The molecule has 8 nitrogen and oxygen atoms in total. The van der Waals surface area contributed by atoms with E-state index in [1.165, 1.54) is 11.8 Å². The Balaban J connectivity index is 2.60. The van der Waals surface area contributed by atoms with Gasteiger partial charge in [-0.05, 0) is 26.2 Å². The summed E-state index contributed by atoms with van der Waals surface area (Å²) in [5, 5.41) is 11.8. The lowest BCUT2D eigenvalue weighted by Crippen LogP contribution is -2.60. The van der Waals surface area contributed by atoms with E-state index in [0.29, 0.717) is 19.5 Å². The topological polar surface area (TPSA) is 116 Å². The van der Waals surface area contributed by atoms with Gasteiger partial charge in [-0.25, -0.2) is 22.7 Å². The molecule has 1 atom stereocenters. The zero-order valence-electron chi connectivity index (χ0n) is 12.4. The number of carboxylic acid groups (broad SMARTS) is 1. The summed E-state index contributed by atoms with van der Waals surface area (Å²) < 4.78 is 25.2. The first-order valence-corrected chi connectivity index (χ1v) is 8.64. The van der Waals surface area contributed by atoms with E-state index in [0.717, 1.165) is 12.8 Å². The molecule has 1 rings (SSSR count). The molecule has 1 saturated heterocycles. The third-order valence-corrected chi connectivity index (χ3v) is 5.08. The van der Waals surface area contributed by atoms with E-state index in [1.54, 1.807) is 6.92 Å². The first kappa shape index (κ1) is 17.7. The average molecular weight is 321 g/mol. The fourth-order valence-electron chi connectivity index (χ4n) is 2.35. The Labute approximate surface area is 124 Å². The quantitative estimate of drug-likeness (QED) is 0.635. The largest absolute Gasteiger partial charge is 0.480 e. The molecule has 3 N–H and O–H groups in total. The third kappa shape index (κ3) is 4.57. The van der Waals surface area contributed by atoms with E-state index in [9.17, 15) is 23.1 Å². The van der Waals surface area contributed by atoms with Crippen LogP contribution in [0.2, 0.25) is 0 Å². The Morgan fingerprint density at radius 3 is 2.57 bits per heavy atom. The van der Waals surface area contributed by atoms with Crippen LogP contribution in [0.4, 0.5) is 4.79 Å². The number of hydrogen-bond donors (Lipinski definition) is 3. The molecule has 0 aromatic carbocycles. The van der Waals surface area contributed by atoms with Crippen LogP contribution in [-0.4, -0.2) is 61.4 Å². The number of hydrogen-bond acceptors (Lipinski definition) is 4. The Morgan fingerprint density at radius 2 is 2.00 bits per heavy atom. The fraction of sp³-hybridized carbons (Fsp3) is 0.833. The molecule has 0 aliphatic carbocycles. The standard InChI is InChI=1S/C12H23N3O5S/c1-3-14-21(19,20)9-7-13-11(18)15-8-5-4-6-12(15,2)10(16)17/h14H,3-9H2,1-2H3,(H,13,18)(H,16,17). The smallest absolute Gasteiger partial charge is 0.329 e. The van der Waals surface area contributed by atoms with Crippen LogP contribution in [0.3, 0.4) is 0 Å². The highest BCUT2D eigenvalue weighted by Gasteiger charge is 2.43. The molecule has 0 spiro atoms. The molecule has 1 heterocycles. The Bertz CT molecular complexity index is 493. The molecule has 122 valence electrons. The van der Waals surface area contributed by atoms with Gasteiger partial charge in [0.05, 0.1) is 5.75 Å². The molecule has 0 aromatic heterocycles. The average Bonchev–Trinajstić information content (AvgIpc) is 2.38. The van der Waals surface area contributed by atoms with Gasteiger partial charge in [-0.3, -0.25) is 0 Å². The van der Waals surface area contributed by atoms with Crippen LogP contribution in [0.5, 0.6) is 0 Å². The maximum absolute atomic E-state index is 12.1. The number of nitrogens with zero attached hydrogens (tertiary/aromatic N) is 1. The summed E-state index contributed by atoms with van der Waals surface area (Å²) in [6, 6.07) is -0.536. The van der Waals surface area contributed by atoms with Gasteiger partial charge in [0, 0.05) is 19.6 Å². The van der Waals surface area contributed by atoms with Gasteiger partial charge in [-0.15, -0.1) is 0 Å². The molecule has 0 bridgehead atoms. The number of carboxylic acids is 1. The SMILES string of the molecule is CCNS(=O)(=O)CCNC(=O)N1CCCCC1(C)C(=O)O. The van der Waals surface area contributed by atoms with Crippen LogP contribution in [0.15, 0.2) is 0 Å². The van der Waals surface area contributed by atoms with Crippen molar-refractivity contribution >= 4 is 22.0 Å². The molecule has 0 saturated carbocycles. The van der Waals surface area contributed by atoms with Gasteiger partial charge >= 0.3 is 12.0 Å². The molecule has 1 unspecified atom stereocenters. The summed E-state index contributed by atoms with van der Waals surface area (Å²) in [4.78, 5) is 24.8. The number of nitrogens with one attached hydrogen (secondary N) is 2. The van der Waals surface area contributed by atoms with E-state index in [4.69, 9.17) is 0 Å². The lowest BCUT2D eigenvalue weighted by atomic mass is 9.89. The number of rotatable bonds is 6. The van der Waals surface area contributed by atoms with Crippen LogP contribution in [0.1, 0.15) is 33.1 Å². The van der Waals surface area contributed by atoms with Crippen LogP contribution < -0.4 is 10.0 Å². The molecule has 2 amide bonds. The number of likely N-dealkylation sites (tertiary alicyclic amines) is 1. The number of piperidine rings is 1. The van der Waals surface area contributed by atoms with E-state index >= 15 is 0 Å². The van der Waals surface area contributed by atoms with E-state index in [2.05, 4.69) is 10.0 Å². The molecule has 1 fully saturated rings. The Hall–Kier alpha value is -1.35. The van der Waals surface area contributed by atoms with Crippen molar-refractivity contribution in [2.45, 2.75) is 38.6 Å². The maximum Gasteiger partial charge on any atom is 0.329 e. The monoisotopic (exact) mass is 321 g/mol. The second-order valence-electron chi connectivity index (χ2n) is 5.24. The van der Waals surface area contributed by atoms with E-state index in [1.807, 2.05) is 0 Å². The number of aliphatic carboxylic acids is 1. The van der Waals surface area contributed by atoms with Crippen LogP contribution in [0, 0.1) is 0 Å². The molecule has 1 aliphatic heterocycles. The zero-order valence-corrected chi connectivity index (χ0v) is 13.2. The molecular formula is C12H23N3O5S. The van der Waals surface area contributed by atoms with Crippen molar-refractivity contribution in [1.82, 2.24) is 14.9 Å². The van der Waals surface area contributed by atoms with Gasteiger partial charge in [0.2, 0.25) is 10.0 Å². The molecule has 0 aromatic rings. The second-order valence-corrected chi connectivity index (χ2v) is 7.16. The number of carbonyl (C=O) groups is 2. The van der Waals surface area contributed by atoms with Gasteiger partial charge < -0.3 is 15.3 Å². The molecule has 9 heteroatoms. The van der Waals surface area contributed by atoms with Crippen molar-refractivity contribution in [3.63, 3.8) is 0 Å². The summed E-state index contributed by atoms with van der Waals surface area (Å²) in [7, 11) is -3.40. The molecule has 1 aliphatic rings. The molecule has 21 heavy (non-hydrogen) atoms. The highest BCUT2D eigenvalue weighted by atomic mass is 32.2. The predicted octanol–water partition coefficient (Wildman–Crippen LogP) is -0.0355. The van der Waals surface area contributed by atoms with Crippen LogP contribution in [0.25, 0.3) is 0 Å². The van der Waals surface area contributed by atoms with Gasteiger partial charge in [0.1, 0.15) is 5.54 Å². The fourth-order valence-corrected chi connectivity index (χ4v) is 3.30. The summed E-state index contributed by atoms with van der Waals surface area (Å²) in [6.45, 7) is 3.78. The van der Waals surface area contributed by atoms with Crippen molar-refractivity contribution in [1.29, 1.82) is 0 Å². The third-order valence-electron chi connectivity index (χ3n) is 3.61. The first-order valence-electron chi connectivity index (χ1n) is 6.99.